The molecule has 0 spiro atoms. The molecule has 4 aliphatic rings. The molecule has 6 atom stereocenters. The molecule has 0 bridgehead atoms. The molecule has 0 saturated heterocycles. The molecule has 0 aromatic heterocycles. The van der Waals surface area contributed by atoms with Crippen LogP contribution in [0.15, 0.2) is 36.0 Å². The standard InChI is InChI=1S/C22H32/c1-5-16-10-12-19-18-11-9-17-8-6-7-13-21(17,3)20(18)15(2)14-22(16,19)4/h8-9,11,16,18-20H,2,5-7,10,12-14H2,1,3-4H3/t16-,18-,19-,20-,21-,22+/m0/s1. The van der Waals surface area contributed by atoms with Crippen LogP contribution in [0.4, 0.5) is 0 Å². The maximum Gasteiger partial charge on any atom is -0.000740 e. The Hall–Kier alpha value is -0.780. The lowest BCUT2D eigenvalue weighted by Crippen LogP contribution is -2.49. The first-order valence-electron chi connectivity index (χ1n) is 9.57. The third-order valence-corrected chi connectivity index (χ3v) is 8.10. The summed E-state index contributed by atoms with van der Waals surface area (Å²) in [5.41, 5.74) is 4.09. The summed E-state index contributed by atoms with van der Waals surface area (Å²) in [5, 5.41) is 0. The molecule has 0 heterocycles. The summed E-state index contributed by atoms with van der Waals surface area (Å²) in [6.07, 6.45) is 17.1. The molecule has 120 valence electrons. The van der Waals surface area contributed by atoms with Crippen molar-refractivity contribution in [2.45, 2.75) is 65.7 Å². The van der Waals surface area contributed by atoms with Gasteiger partial charge in [-0.15, -0.1) is 0 Å². The zero-order valence-electron chi connectivity index (χ0n) is 14.7. The highest BCUT2D eigenvalue weighted by atomic mass is 14.6. The highest BCUT2D eigenvalue weighted by Crippen LogP contribution is 2.66. The topological polar surface area (TPSA) is 0 Å². The molecule has 0 heteroatoms. The van der Waals surface area contributed by atoms with Gasteiger partial charge in [0.1, 0.15) is 0 Å². The summed E-state index contributed by atoms with van der Waals surface area (Å²) in [4.78, 5) is 0. The first-order valence-corrected chi connectivity index (χ1v) is 9.57. The Morgan fingerprint density at radius 3 is 2.86 bits per heavy atom. The number of hydrogen-bond donors (Lipinski definition) is 0. The van der Waals surface area contributed by atoms with Gasteiger partial charge in [-0.1, -0.05) is 57.6 Å². The lowest BCUT2D eigenvalue weighted by Gasteiger charge is -2.57. The largest absolute Gasteiger partial charge is 0.0995 e. The fourth-order valence-corrected chi connectivity index (χ4v) is 7.06. The van der Waals surface area contributed by atoms with Crippen LogP contribution < -0.4 is 0 Å². The van der Waals surface area contributed by atoms with Gasteiger partial charge in [0, 0.05) is 0 Å². The van der Waals surface area contributed by atoms with E-state index in [1.54, 1.807) is 11.1 Å². The second kappa shape index (κ2) is 4.86. The third kappa shape index (κ3) is 1.76. The molecule has 0 aliphatic heterocycles. The van der Waals surface area contributed by atoms with Gasteiger partial charge in [-0.2, -0.15) is 0 Å². The normalized spacial score (nSPS) is 50.1. The Morgan fingerprint density at radius 1 is 1.27 bits per heavy atom. The molecule has 2 saturated carbocycles. The molecule has 0 amide bonds. The highest BCUT2D eigenvalue weighted by molar-refractivity contribution is 5.39. The minimum Gasteiger partial charge on any atom is -0.0995 e. The monoisotopic (exact) mass is 296 g/mol. The van der Waals surface area contributed by atoms with E-state index in [0.29, 0.717) is 16.7 Å². The Labute approximate surface area is 136 Å². The highest BCUT2D eigenvalue weighted by Gasteiger charge is 2.58. The van der Waals surface area contributed by atoms with Crippen LogP contribution in [0.1, 0.15) is 65.7 Å². The van der Waals surface area contributed by atoms with Crippen LogP contribution in [-0.2, 0) is 0 Å². The summed E-state index contributed by atoms with van der Waals surface area (Å²) < 4.78 is 0. The van der Waals surface area contributed by atoms with Crippen LogP contribution >= 0.6 is 0 Å². The number of rotatable bonds is 1. The van der Waals surface area contributed by atoms with E-state index in [9.17, 15) is 0 Å². The van der Waals surface area contributed by atoms with Crippen LogP contribution in [0.3, 0.4) is 0 Å². The van der Waals surface area contributed by atoms with Gasteiger partial charge in [-0.3, -0.25) is 0 Å². The van der Waals surface area contributed by atoms with Crippen molar-refractivity contribution < 1.29 is 0 Å². The van der Waals surface area contributed by atoms with E-state index in [1.807, 2.05) is 0 Å². The Bertz CT molecular complexity index is 550. The average Bonchev–Trinajstić information content (AvgIpc) is 2.82. The van der Waals surface area contributed by atoms with Crippen LogP contribution in [0.25, 0.3) is 0 Å². The summed E-state index contributed by atoms with van der Waals surface area (Å²) >= 11 is 0. The molecule has 0 unspecified atom stereocenters. The Morgan fingerprint density at radius 2 is 2.09 bits per heavy atom. The quantitative estimate of drug-likeness (QED) is 0.497. The fourth-order valence-electron chi connectivity index (χ4n) is 7.06. The molecule has 0 aromatic carbocycles. The maximum atomic E-state index is 4.65. The average molecular weight is 296 g/mol. The molecule has 22 heavy (non-hydrogen) atoms. The van der Waals surface area contributed by atoms with Gasteiger partial charge in [0.15, 0.2) is 0 Å². The van der Waals surface area contributed by atoms with Crippen molar-refractivity contribution in [3.63, 3.8) is 0 Å². The zero-order valence-corrected chi connectivity index (χ0v) is 14.7. The molecule has 0 aromatic rings. The molecule has 4 rings (SSSR count). The summed E-state index contributed by atoms with van der Waals surface area (Å²) in [6, 6.07) is 0. The molecule has 2 fully saturated rings. The van der Waals surface area contributed by atoms with Crippen LogP contribution in [0, 0.1) is 34.5 Å². The van der Waals surface area contributed by atoms with Gasteiger partial charge in [-0.25, -0.2) is 0 Å². The van der Waals surface area contributed by atoms with Gasteiger partial charge in [0.05, 0.1) is 0 Å². The molecule has 0 N–H and O–H groups in total. The number of hydrogen-bond acceptors (Lipinski definition) is 0. The predicted molar refractivity (Wildman–Crippen MR) is 94.5 cm³/mol. The van der Waals surface area contributed by atoms with Crippen LogP contribution in [-0.4, -0.2) is 0 Å². The molecule has 0 nitrogen and oxygen atoms in total. The van der Waals surface area contributed by atoms with Crippen molar-refractivity contribution in [1.82, 2.24) is 0 Å². The van der Waals surface area contributed by atoms with Crippen LogP contribution in [0.5, 0.6) is 0 Å². The molecule has 0 radical (unpaired) electrons. The van der Waals surface area contributed by atoms with Crippen LogP contribution in [0.2, 0.25) is 0 Å². The second-order valence-corrected chi connectivity index (χ2v) is 9.01. The smallest absolute Gasteiger partial charge is 0.000740 e. The van der Waals surface area contributed by atoms with E-state index >= 15 is 0 Å². The van der Waals surface area contributed by atoms with Gasteiger partial charge in [0.25, 0.3) is 0 Å². The van der Waals surface area contributed by atoms with Crippen molar-refractivity contribution in [2.75, 3.05) is 0 Å². The minimum absolute atomic E-state index is 0.375. The first kappa shape index (κ1) is 14.8. The zero-order chi connectivity index (χ0) is 15.5. The van der Waals surface area contributed by atoms with E-state index in [0.717, 1.165) is 17.8 Å². The SMILES string of the molecule is C=C1C[C@]2(C)[C@@H](CC)CC[C@H]2[C@@H]2C=CC3=CCCC[C@]3(C)[C@@H]12. The predicted octanol–water partition coefficient (Wildman–Crippen LogP) is 6.31. The Kier molecular flexibility index (Phi) is 3.26. The van der Waals surface area contributed by atoms with E-state index in [-0.39, 0.29) is 0 Å². The van der Waals surface area contributed by atoms with E-state index < -0.39 is 0 Å². The number of allylic oxidation sites excluding steroid dienone is 5. The Balaban J connectivity index is 1.78. The first-order chi connectivity index (χ1) is 10.5. The van der Waals surface area contributed by atoms with Gasteiger partial charge < -0.3 is 0 Å². The van der Waals surface area contributed by atoms with Gasteiger partial charge in [0.2, 0.25) is 0 Å². The van der Waals surface area contributed by atoms with Crippen molar-refractivity contribution >= 4 is 0 Å². The van der Waals surface area contributed by atoms with E-state index in [4.69, 9.17) is 0 Å². The number of fused-ring (bicyclic) bond motifs is 5. The fraction of sp³-hybridized carbons (Fsp3) is 0.727. The second-order valence-electron chi connectivity index (χ2n) is 9.01. The summed E-state index contributed by atoms with van der Waals surface area (Å²) in [7, 11) is 0. The van der Waals surface area contributed by atoms with E-state index in [1.165, 1.54) is 44.9 Å². The maximum absolute atomic E-state index is 4.65. The minimum atomic E-state index is 0.375. The van der Waals surface area contributed by atoms with Gasteiger partial charge >= 0.3 is 0 Å². The van der Waals surface area contributed by atoms with Crippen molar-refractivity contribution in [3.05, 3.63) is 36.0 Å². The van der Waals surface area contributed by atoms with Crippen molar-refractivity contribution in [3.8, 4) is 0 Å². The van der Waals surface area contributed by atoms with Crippen molar-refractivity contribution in [1.29, 1.82) is 0 Å². The molecular formula is C22H32. The van der Waals surface area contributed by atoms with Crippen molar-refractivity contribution in [2.24, 2.45) is 34.5 Å². The summed E-state index contributed by atoms with van der Waals surface area (Å²) in [6.45, 7) is 12.2. The lowest BCUT2D eigenvalue weighted by molar-refractivity contribution is 0.0243. The summed E-state index contributed by atoms with van der Waals surface area (Å²) in [5.74, 6) is 3.27. The third-order valence-electron chi connectivity index (χ3n) is 8.10. The molecule has 4 aliphatic carbocycles. The lowest BCUT2D eigenvalue weighted by atomic mass is 9.47. The van der Waals surface area contributed by atoms with Gasteiger partial charge in [-0.05, 0) is 78.6 Å². The molecular weight excluding hydrogens is 264 g/mol. The van der Waals surface area contributed by atoms with E-state index in [2.05, 4.69) is 45.6 Å².